The molecule has 4 nitrogen and oxygen atoms in total. The van der Waals surface area contributed by atoms with Crippen molar-refractivity contribution in [1.29, 1.82) is 0 Å². The van der Waals surface area contributed by atoms with Crippen molar-refractivity contribution in [3.05, 3.63) is 71.0 Å². The molecule has 2 amide bonds. The maximum absolute atomic E-state index is 13.6. The molecule has 1 heterocycles. The molecule has 0 unspecified atom stereocenters. The number of rotatable bonds is 4. The van der Waals surface area contributed by atoms with Gasteiger partial charge in [0.15, 0.2) is 0 Å². The van der Waals surface area contributed by atoms with Crippen LogP contribution in [0.2, 0.25) is 0 Å². The lowest BCUT2D eigenvalue weighted by Gasteiger charge is -2.19. The third-order valence-electron chi connectivity index (χ3n) is 3.74. The summed E-state index contributed by atoms with van der Waals surface area (Å²) in [6, 6.07) is 12.5. The molecule has 1 aliphatic heterocycles. The molecular weight excluding hydrogens is 283 g/mol. The number of carbonyl (C=O) groups is 2. The average Bonchev–Trinajstić information content (AvgIpc) is 2.75. The van der Waals surface area contributed by atoms with E-state index in [1.54, 1.807) is 42.5 Å². The second kappa shape index (κ2) is 5.69. The summed E-state index contributed by atoms with van der Waals surface area (Å²) in [5.74, 6) is -1.02. The maximum Gasteiger partial charge on any atom is 0.261 e. The Morgan fingerprint density at radius 1 is 0.955 bits per heavy atom. The van der Waals surface area contributed by atoms with Crippen molar-refractivity contribution in [1.82, 2.24) is 4.90 Å². The molecule has 0 saturated carbocycles. The van der Waals surface area contributed by atoms with Crippen LogP contribution in [0.5, 0.6) is 0 Å². The molecule has 112 valence electrons. The summed E-state index contributed by atoms with van der Waals surface area (Å²) >= 11 is 0. The molecule has 0 bridgehead atoms. The Balaban J connectivity index is 1.73. The van der Waals surface area contributed by atoms with Gasteiger partial charge >= 0.3 is 0 Å². The lowest BCUT2D eigenvalue weighted by molar-refractivity contribution is 0.0644. The van der Waals surface area contributed by atoms with E-state index in [2.05, 4.69) is 0 Å². The van der Waals surface area contributed by atoms with Gasteiger partial charge in [0.25, 0.3) is 11.8 Å². The molecule has 2 aromatic rings. The van der Waals surface area contributed by atoms with Crippen molar-refractivity contribution in [2.24, 2.45) is 5.73 Å². The van der Waals surface area contributed by atoms with Crippen molar-refractivity contribution >= 4 is 11.8 Å². The van der Waals surface area contributed by atoms with Gasteiger partial charge in [-0.25, -0.2) is 4.39 Å². The predicted octanol–water partition coefficient (Wildman–Crippen LogP) is 1.99. The fourth-order valence-electron chi connectivity index (χ4n) is 2.65. The summed E-state index contributed by atoms with van der Waals surface area (Å²) in [6.45, 7) is 0.0701. The van der Waals surface area contributed by atoms with E-state index >= 15 is 0 Å². The lowest BCUT2D eigenvalue weighted by atomic mass is 10.1. The fraction of sp³-hybridized carbons (Fsp3) is 0.176. The number of nitrogens with two attached hydrogens (primary N) is 1. The molecule has 0 fully saturated rings. The van der Waals surface area contributed by atoms with Crippen LogP contribution < -0.4 is 5.73 Å². The quantitative estimate of drug-likeness (QED) is 0.878. The monoisotopic (exact) mass is 298 g/mol. The molecule has 3 rings (SSSR count). The highest BCUT2D eigenvalue weighted by Gasteiger charge is 2.35. The Bertz CT molecular complexity index is 710. The second-order valence-electron chi connectivity index (χ2n) is 5.32. The summed E-state index contributed by atoms with van der Waals surface area (Å²) < 4.78 is 13.6. The topological polar surface area (TPSA) is 63.4 Å². The van der Waals surface area contributed by atoms with Gasteiger partial charge in [-0.05, 0) is 30.2 Å². The smallest absolute Gasteiger partial charge is 0.261 e. The highest BCUT2D eigenvalue weighted by atomic mass is 19.1. The highest BCUT2D eigenvalue weighted by Crippen LogP contribution is 2.22. The highest BCUT2D eigenvalue weighted by molar-refractivity contribution is 6.21. The first-order valence-electron chi connectivity index (χ1n) is 7.02. The van der Waals surface area contributed by atoms with Gasteiger partial charge in [0.05, 0.1) is 11.1 Å². The molecule has 0 aromatic heterocycles. The summed E-state index contributed by atoms with van der Waals surface area (Å²) in [4.78, 5) is 25.6. The van der Waals surface area contributed by atoms with Gasteiger partial charge in [-0.15, -0.1) is 0 Å². The number of halogens is 1. The van der Waals surface area contributed by atoms with Crippen LogP contribution in [-0.2, 0) is 6.42 Å². The van der Waals surface area contributed by atoms with Gasteiger partial charge < -0.3 is 5.73 Å². The number of fused-ring (bicyclic) bond motifs is 1. The molecule has 1 atom stereocenters. The van der Waals surface area contributed by atoms with Gasteiger partial charge in [-0.3, -0.25) is 14.5 Å². The van der Waals surface area contributed by atoms with E-state index in [9.17, 15) is 14.0 Å². The molecule has 0 aliphatic carbocycles. The van der Waals surface area contributed by atoms with E-state index in [4.69, 9.17) is 5.73 Å². The first-order chi connectivity index (χ1) is 10.6. The van der Waals surface area contributed by atoms with Gasteiger partial charge in [0.1, 0.15) is 5.82 Å². The zero-order chi connectivity index (χ0) is 15.7. The van der Waals surface area contributed by atoms with Crippen LogP contribution in [-0.4, -0.2) is 29.3 Å². The first kappa shape index (κ1) is 14.4. The predicted molar refractivity (Wildman–Crippen MR) is 79.9 cm³/mol. The molecule has 0 radical (unpaired) electrons. The van der Waals surface area contributed by atoms with Crippen LogP contribution in [0.1, 0.15) is 26.3 Å². The minimum atomic E-state index is -0.515. The number of amides is 2. The third kappa shape index (κ3) is 2.51. The molecule has 2 aromatic carbocycles. The molecule has 2 N–H and O–H groups in total. The minimum absolute atomic E-state index is 0.0701. The van der Waals surface area contributed by atoms with Crippen LogP contribution in [0.3, 0.4) is 0 Å². The van der Waals surface area contributed by atoms with E-state index in [1.165, 1.54) is 6.07 Å². The second-order valence-corrected chi connectivity index (χ2v) is 5.32. The average molecular weight is 298 g/mol. The lowest BCUT2D eigenvalue weighted by Crippen LogP contribution is -2.42. The van der Waals surface area contributed by atoms with Crippen LogP contribution in [0.25, 0.3) is 0 Å². The number of hydrogen-bond donors (Lipinski definition) is 1. The molecule has 1 aliphatic rings. The number of nitrogens with zero attached hydrogens (tertiary/aromatic N) is 1. The van der Waals surface area contributed by atoms with Gasteiger partial charge in [0, 0.05) is 12.6 Å². The van der Waals surface area contributed by atoms with Crippen LogP contribution in [0.15, 0.2) is 48.5 Å². The third-order valence-corrected chi connectivity index (χ3v) is 3.74. The van der Waals surface area contributed by atoms with Gasteiger partial charge in [0.2, 0.25) is 0 Å². The number of carbonyl (C=O) groups excluding carboxylic acids is 2. The zero-order valence-electron chi connectivity index (χ0n) is 11.8. The summed E-state index contributed by atoms with van der Waals surface area (Å²) in [6.07, 6.45) is 0.264. The van der Waals surface area contributed by atoms with E-state index in [-0.39, 0.29) is 30.6 Å². The molecule has 0 saturated heterocycles. The Kier molecular flexibility index (Phi) is 3.73. The van der Waals surface area contributed by atoms with Crippen LogP contribution in [0.4, 0.5) is 4.39 Å². The van der Waals surface area contributed by atoms with Crippen molar-refractivity contribution < 1.29 is 14.0 Å². The number of imide groups is 1. The normalized spacial score (nSPS) is 15.1. The standard InChI is InChI=1S/C17H15FN2O2/c18-15-8-4-1-5-11(15)9-12(19)10-20-16(21)13-6-2-3-7-14(13)17(20)22/h1-8,12H,9-10,19H2/t12-/m0/s1. The SMILES string of the molecule is N[C@@H](Cc1ccccc1F)CN1C(=O)c2ccccc2C1=O. The molecule has 0 spiro atoms. The first-order valence-corrected chi connectivity index (χ1v) is 7.02. The van der Waals surface area contributed by atoms with Gasteiger partial charge in [-0.1, -0.05) is 30.3 Å². The van der Waals surface area contributed by atoms with Crippen molar-refractivity contribution in [3.8, 4) is 0 Å². The molecular formula is C17H15FN2O2. The van der Waals surface area contributed by atoms with E-state index < -0.39 is 6.04 Å². The van der Waals surface area contributed by atoms with Crippen LogP contribution >= 0.6 is 0 Å². The maximum atomic E-state index is 13.6. The van der Waals surface area contributed by atoms with Crippen LogP contribution in [0, 0.1) is 5.82 Å². The minimum Gasteiger partial charge on any atom is -0.326 e. The van der Waals surface area contributed by atoms with Crippen molar-refractivity contribution in [2.45, 2.75) is 12.5 Å². The van der Waals surface area contributed by atoms with Crippen molar-refractivity contribution in [2.75, 3.05) is 6.54 Å². The number of hydrogen-bond acceptors (Lipinski definition) is 3. The zero-order valence-corrected chi connectivity index (χ0v) is 11.8. The summed E-state index contributed by atoms with van der Waals surface area (Å²) in [7, 11) is 0. The molecule has 5 heteroatoms. The Hall–Kier alpha value is -2.53. The van der Waals surface area contributed by atoms with E-state index in [1.807, 2.05) is 0 Å². The number of benzene rings is 2. The Morgan fingerprint density at radius 2 is 1.50 bits per heavy atom. The summed E-state index contributed by atoms with van der Waals surface area (Å²) in [5.41, 5.74) is 7.27. The largest absolute Gasteiger partial charge is 0.326 e. The van der Waals surface area contributed by atoms with Gasteiger partial charge in [-0.2, -0.15) is 0 Å². The van der Waals surface area contributed by atoms with Crippen molar-refractivity contribution in [3.63, 3.8) is 0 Å². The van der Waals surface area contributed by atoms with E-state index in [0.717, 1.165) is 4.90 Å². The Morgan fingerprint density at radius 3 is 2.09 bits per heavy atom. The fourth-order valence-corrected chi connectivity index (χ4v) is 2.65. The molecule has 22 heavy (non-hydrogen) atoms. The van der Waals surface area contributed by atoms with E-state index in [0.29, 0.717) is 16.7 Å². The Labute approximate surface area is 127 Å². The summed E-state index contributed by atoms with van der Waals surface area (Å²) in [5, 5.41) is 0.